The zero-order valence-electron chi connectivity index (χ0n) is 20.8. The van der Waals surface area contributed by atoms with Crippen LogP contribution < -0.4 is 14.8 Å². The number of benzene rings is 3. The molecule has 0 spiro atoms. The summed E-state index contributed by atoms with van der Waals surface area (Å²) < 4.78 is 10.5. The number of carbonyl (C=O) groups is 2. The molecule has 0 aromatic heterocycles. The predicted octanol–water partition coefficient (Wildman–Crippen LogP) is 5.54. The smallest absolute Gasteiger partial charge is 0.262 e. The second-order valence-electron chi connectivity index (χ2n) is 8.71. The maximum Gasteiger partial charge on any atom is 0.262 e. The Kier molecular flexibility index (Phi) is 7.67. The molecule has 2 aliphatic heterocycles. The highest BCUT2D eigenvalue weighted by molar-refractivity contribution is 8.15. The number of rotatable bonds is 7. The van der Waals surface area contributed by atoms with Gasteiger partial charge in [-0.15, -0.1) is 0 Å². The van der Waals surface area contributed by atoms with E-state index in [1.807, 2.05) is 48.5 Å². The fraction of sp³-hybridized carbons (Fsp3) is 0.214. The third-order valence-corrected chi connectivity index (χ3v) is 7.63. The number of thioether (sulfide) groups is 1. The van der Waals surface area contributed by atoms with Crippen LogP contribution in [0.15, 0.2) is 82.9 Å². The van der Waals surface area contributed by atoms with Crippen molar-refractivity contribution in [3.63, 3.8) is 0 Å². The van der Waals surface area contributed by atoms with Crippen LogP contribution in [0.4, 0.5) is 5.69 Å². The summed E-state index contributed by atoms with van der Waals surface area (Å²) in [4.78, 5) is 29.8. The Hall–Kier alpha value is -3.82. The molecule has 0 radical (unpaired) electrons. The van der Waals surface area contributed by atoms with Crippen molar-refractivity contribution in [1.82, 2.24) is 5.01 Å². The van der Waals surface area contributed by atoms with Crippen molar-refractivity contribution in [2.45, 2.75) is 24.1 Å². The molecule has 0 unspecified atom stereocenters. The van der Waals surface area contributed by atoms with Gasteiger partial charge in [0.05, 0.1) is 26.0 Å². The summed E-state index contributed by atoms with van der Waals surface area (Å²) in [5.41, 5.74) is 3.39. The number of nitrogens with zero attached hydrogens (tertiary/aromatic N) is 3. The van der Waals surface area contributed by atoms with Crippen LogP contribution in [-0.2, 0) is 9.59 Å². The molecule has 8 nitrogen and oxygen atoms in total. The number of carbonyl (C=O) groups excluding carboxylic acids is 2. The van der Waals surface area contributed by atoms with Crippen molar-refractivity contribution < 1.29 is 19.1 Å². The molecule has 2 heterocycles. The highest BCUT2D eigenvalue weighted by Gasteiger charge is 2.39. The van der Waals surface area contributed by atoms with E-state index >= 15 is 0 Å². The zero-order valence-corrected chi connectivity index (χ0v) is 22.3. The molecular formula is C28H25ClN4O4S. The topological polar surface area (TPSA) is 92.6 Å². The first-order valence-electron chi connectivity index (χ1n) is 11.9. The number of aliphatic imine (C=N–C) groups is 1. The van der Waals surface area contributed by atoms with Crippen LogP contribution >= 0.6 is 23.4 Å². The lowest BCUT2D eigenvalue weighted by Gasteiger charge is -2.23. The highest BCUT2D eigenvalue weighted by atomic mass is 35.5. The minimum absolute atomic E-state index is 0.00552. The predicted molar refractivity (Wildman–Crippen MR) is 150 cm³/mol. The fourth-order valence-electron chi connectivity index (χ4n) is 4.27. The van der Waals surface area contributed by atoms with Gasteiger partial charge in [0.1, 0.15) is 16.7 Å². The molecule has 194 valence electrons. The molecule has 0 bridgehead atoms. The van der Waals surface area contributed by atoms with Gasteiger partial charge in [-0.25, -0.2) is 5.01 Å². The van der Waals surface area contributed by atoms with Crippen LogP contribution in [0.5, 0.6) is 11.5 Å². The monoisotopic (exact) mass is 548 g/mol. The largest absolute Gasteiger partial charge is 0.497 e. The standard InChI is InChI=1S/C28H25ClN4O4S/c1-36-21-12-10-20(11-13-21)30-26(34)16-25-27(35)31-28(38-25)33-24(17-6-8-19(29)9-7-17)15-23(32-33)18-4-3-5-22(14-18)37-2/h3-14,24-25H,15-16H2,1-2H3,(H,30,34)/t24-,25+/m1/s1. The lowest BCUT2D eigenvalue weighted by atomic mass is 9.98. The van der Waals surface area contributed by atoms with Gasteiger partial charge in [-0.05, 0) is 54.1 Å². The molecule has 0 aliphatic carbocycles. The van der Waals surface area contributed by atoms with E-state index in [9.17, 15) is 9.59 Å². The third kappa shape index (κ3) is 5.69. The number of ether oxygens (including phenoxy) is 2. The summed E-state index contributed by atoms with van der Waals surface area (Å²) in [7, 11) is 3.20. The highest BCUT2D eigenvalue weighted by Crippen LogP contribution is 2.39. The van der Waals surface area contributed by atoms with Crippen molar-refractivity contribution in [3.05, 3.63) is 88.9 Å². The van der Waals surface area contributed by atoms with E-state index in [1.54, 1.807) is 43.5 Å². The number of hydrazone groups is 1. The van der Waals surface area contributed by atoms with Gasteiger partial charge in [-0.3, -0.25) is 9.59 Å². The summed E-state index contributed by atoms with van der Waals surface area (Å²) in [5.74, 6) is 0.804. The Morgan fingerprint density at radius 3 is 2.50 bits per heavy atom. The first-order valence-corrected chi connectivity index (χ1v) is 13.2. The maximum absolute atomic E-state index is 12.8. The zero-order chi connectivity index (χ0) is 26.6. The molecule has 38 heavy (non-hydrogen) atoms. The van der Waals surface area contributed by atoms with Crippen LogP contribution in [0.1, 0.15) is 30.0 Å². The first kappa shape index (κ1) is 25.8. The molecule has 3 aromatic carbocycles. The Bertz CT molecular complexity index is 1410. The molecular weight excluding hydrogens is 524 g/mol. The third-order valence-electron chi connectivity index (χ3n) is 6.24. The van der Waals surface area contributed by atoms with Crippen LogP contribution in [0.25, 0.3) is 0 Å². The van der Waals surface area contributed by atoms with Gasteiger partial charge >= 0.3 is 0 Å². The normalized spacial score (nSPS) is 18.7. The summed E-state index contributed by atoms with van der Waals surface area (Å²) in [6.45, 7) is 0. The van der Waals surface area contributed by atoms with Gasteiger partial charge in [0.2, 0.25) is 5.91 Å². The van der Waals surface area contributed by atoms with Crippen molar-refractivity contribution in [2.75, 3.05) is 19.5 Å². The van der Waals surface area contributed by atoms with Gasteiger partial charge in [-0.2, -0.15) is 10.1 Å². The molecule has 1 N–H and O–H groups in total. The fourth-order valence-corrected chi connectivity index (χ4v) is 5.46. The number of nitrogens with one attached hydrogen (secondary N) is 1. The van der Waals surface area contributed by atoms with Crippen LogP contribution in [0.3, 0.4) is 0 Å². The SMILES string of the molecule is COc1ccc(NC(=O)C[C@@H]2SC(N3N=C(c4cccc(OC)c4)C[C@@H]3c3ccc(Cl)cc3)=NC2=O)cc1. The van der Waals surface area contributed by atoms with Gasteiger partial charge in [0, 0.05) is 29.1 Å². The molecule has 0 fully saturated rings. The summed E-state index contributed by atoms with van der Waals surface area (Å²) in [5, 5.41) is 9.95. The molecule has 2 aliphatic rings. The van der Waals surface area contributed by atoms with Crippen LogP contribution in [0, 0.1) is 0 Å². The molecule has 3 aromatic rings. The molecule has 0 saturated carbocycles. The lowest BCUT2D eigenvalue weighted by molar-refractivity contribution is -0.121. The molecule has 2 atom stereocenters. The summed E-state index contributed by atoms with van der Waals surface area (Å²) in [6, 6.07) is 22.1. The van der Waals surface area contributed by atoms with Crippen molar-refractivity contribution in [1.29, 1.82) is 0 Å². The van der Waals surface area contributed by atoms with Gasteiger partial charge in [0.15, 0.2) is 5.17 Å². The minimum atomic E-state index is -0.634. The van der Waals surface area contributed by atoms with Crippen LogP contribution in [0.2, 0.25) is 5.02 Å². The molecule has 0 saturated heterocycles. The molecule has 5 rings (SSSR count). The van der Waals surface area contributed by atoms with Gasteiger partial charge in [0.25, 0.3) is 5.91 Å². The van der Waals surface area contributed by atoms with Gasteiger partial charge in [-0.1, -0.05) is 47.6 Å². The van der Waals surface area contributed by atoms with Crippen molar-refractivity contribution >= 4 is 51.7 Å². The van der Waals surface area contributed by atoms with Crippen LogP contribution in [-0.4, -0.2) is 47.2 Å². The number of methoxy groups -OCH3 is 2. The summed E-state index contributed by atoms with van der Waals surface area (Å²) >= 11 is 7.38. The second-order valence-corrected chi connectivity index (χ2v) is 10.3. The van der Waals surface area contributed by atoms with Crippen molar-refractivity contribution in [3.8, 4) is 11.5 Å². The first-order chi connectivity index (χ1) is 18.4. The van der Waals surface area contributed by atoms with E-state index in [0.717, 1.165) is 22.6 Å². The Morgan fingerprint density at radius 1 is 1.05 bits per heavy atom. The van der Waals surface area contributed by atoms with Gasteiger partial charge < -0.3 is 14.8 Å². The van der Waals surface area contributed by atoms with E-state index in [2.05, 4.69) is 10.3 Å². The van der Waals surface area contributed by atoms with E-state index < -0.39 is 5.25 Å². The van der Waals surface area contributed by atoms with E-state index in [0.29, 0.717) is 28.0 Å². The number of amidine groups is 1. The second kappa shape index (κ2) is 11.3. The number of halogens is 1. The average molecular weight is 549 g/mol. The molecule has 2 amide bonds. The summed E-state index contributed by atoms with van der Waals surface area (Å²) in [6.07, 6.45) is 0.597. The van der Waals surface area contributed by atoms with Crippen molar-refractivity contribution in [2.24, 2.45) is 10.1 Å². The lowest BCUT2D eigenvalue weighted by Crippen LogP contribution is -2.25. The minimum Gasteiger partial charge on any atom is -0.497 e. The number of anilines is 1. The van der Waals surface area contributed by atoms with E-state index in [1.165, 1.54) is 11.8 Å². The van der Waals surface area contributed by atoms with E-state index in [-0.39, 0.29) is 24.3 Å². The number of amides is 2. The Balaban J connectivity index is 1.34. The Morgan fingerprint density at radius 2 is 1.79 bits per heavy atom. The quantitative estimate of drug-likeness (QED) is 0.417. The Labute approximate surface area is 229 Å². The molecule has 10 heteroatoms. The number of hydrogen-bond donors (Lipinski definition) is 1. The average Bonchev–Trinajstić information content (AvgIpc) is 3.53. The maximum atomic E-state index is 12.8. The number of hydrogen-bond acceptors (Lipinski definition) is 7. The van der Waals surface area contributed by atoms with E-state index in [4.69, 9.17) is 26.2 Å².